The molecule has 108 valence electrons. The fraction of sp³-hybridized carbons (Fsp3) is 0.812. The molecule has 0 radical (unpaired) electrons. The zero-order chi connectivity index (χ0) is 13.7. The second kappa shape index (κ2) is 7.20. The van der Waals surface area contributed by atoms with Crippen molar-refractivity contribution >= 4 is 5.78 Å². The third kappa shape index (κ3) is 4.15. The quantitative estimate of drug-likeness (QED) is 0.765. The number of allylic oxidation sites excluding steroid dienone is 1. The molecule has 0 bridgehead atoms. The van der Waals surface area contributed by atoms with Crippen LogP contribution >= 0.6 is 0 Å². The second-order valence-corrected chi connectivity index (χ2v) is 6.16. The van der Waals surface area contributed by atoms with Gasteiger partial charge in [0.05, 0.1) is 6.04 Å². The van der Waals surface area contributed by atoms with Gasteiger partial charge in [-0.15, -0.1) is 0 Å². The van der Waals surface area contributed by atoms with E-state index in [1.54, 1.807) is 0 Å². The zero-order valence-electron chi connectivity index (χ0n) is 12.5. The number of likely N-dealkylation sites (N-methyl/N-ethyl adjacent to an activating group) is 2. The van der Waals surface area contributed by atoms with E-state index in [0.717, 1.165) is 44.5 Å². The minimum Gasteiger partial charge on any atom is -0.304 e. The predicted octanol–water partition coefficient (Wildman–Crippen LogP) is 2.47. The van der Waals surface area contributed by atoms with Gasteiger partial charge in [-0.25, -0.2) is 0 Å². The van der Waals surface area contributed by atoms with Crippen molar-refractivity contribution in [3.05, 3.63) is 11.6 Å². The Labute approximate surface area is 117 Å². The SMILES string of the molecule is CN1CCCN(C)C(C(=O)C2=CCCCCCC2)C1. The number of carbonyl (C=O) groups is 1. The topological polar surface area (TPSA) is 23.6 Å². The van der Waals surface area contributed by atoms with Crippen LogP contribution in [0.2, 0.25) is 0 Å². The molecule has 0 saturated carbocycles. The van der Waals surface area contributed by atoms with Crippen LogP contribution < -0.4 is 0 Å². The number of carbonyl (C=O) groups excluding carboxylic acids is 1. The van der Waals surface area contributed by atoms with Crippen LogP contribution in [-0.4, -0.2) is 55.4 Å². The number of rotatable bonds is 2. The molecule has 1 saturated heterocycles. The molecule has 1 fully saturated rings. The van der Waals surface area contributed by atoms with Gasteiger partial charge in [-0.1, -0.05) is 18.9 Å². The van der Waals surface area contributed by atoms with E-state index in [1.165, 1.54) is 25.7 Å². The lowest BCUT2D eigenvalue weighted by Gasteiger charge is -2.27. The maximum absolute atomic E-state index is 12.8. The summed E-state index contributed by atoms with van der Waals surface area (Å²) in [6.45, 7) is 3.02. The van der Waals surface area contributed by atoms with Gasteiger partial charge in [0.1, 0.15) is 0 Å². The van der Waals surface area contributed by atoms with Gasteiger partial charge in [0.15, 0.2) is 5.78 Å². The molecule has 1 aliphatic heterocycles. The molecular formula is C16H28N2O. The number of ketones is 1. The van der Waals surface area contributed by atoms with Crippen LogP contribution in [0.15, 0.2) is 11.6 Å². The molecule has 3 nitrogen and oxygen atoms in total. The molecule has 0 spiro atoms. The standard InChI is InChI=1S/C16H28N2O/c1-17-11-8-12-18(2)15(13-17)16(19)14-9-6-4-3-5-7-10-14/h9,15H,3-8,10-13H2,1-2H3. The summed E-state index contributed by atoms with van der Waals surface area (Å²) in [6, 6.07) is 0.0678. The summed E-state index contributed by atoms with van der Waals surface area (Å²) >= 11 is 0. The lowest BCUT2D eigenvalue weighted by atomic mass is 9.93. The Bertz CT molecular complexity index is 338. The number of nitrogens with zero attached hydrogens (tertiary/aromatic N) is 2. The van der Waals surface area contributed by atoms with Crippen LogP contribution in [0.1, 0.15) is 44.9 Å². The van der Waals surface area contributed by atoms with Gasteiger partial charge in [-0.2, -0.15) is 0 Å². The maximum atomic E-state index is 12.8. The van der Waals surface area contributed by atoms with Crippen molar-refractivity contribution < 1.29 is 4.79 Å². The zero-order valence-corrected chi connectivity index (χ0v) is 12.5. The Kier molecular flexibility index (Phi) is 5.59. The van der Waals surface area contributed by atoms with Gasteiger partial charge < -0.3 is 4.90 Å². The van der Waals surface area contributed by atoms with Gasteiger partial charge in [-0.05, 0) is 64.9 Å². The molecule has 1 heterocycles. The maximum Gasteiger partial charge on any atom is 0.176 e. The van der Waals surface area contributed by atoms with E-state index >= 15 is 0 Å². The average Bonchev–Trinajstić information content (AvgIpc) is 2.50. The molecule has 2 aliphatic rings. The summed E-state index contributed by atoms with van der Waals surface area (Å²) in [7, 11) is 4.23. The molecule has 1 unspecified atom stereocenters. The normalized spacial score (nSPS) is 28.1. The molecule has 0 aromatic carbocycles. The van der Waals surface area contributed by atoms with E-state index in [1.807, 2.05) is 0 Å². The van der Waals surface area contributed by atoms with E-state index in [-0.39, 0.29) is 6.04 Å². The molecule has 0 aromatic heterocycles. The fourth-order valence-electron chi connectivity index (χ4n) is 3.18. The molecule has 3 heteroatoms. The minimum atomic E-state index is 0.0678. The van der Waals surface area contributed by atoms with E-state index in [9.17, 15) is 4.79 Å². The molecule has 1 aliphatic carbocycles. The smallest absolute Gasteiger partial charge is 0.176 e. The third-order valence-electron chi connectivity index (χ3n) is 4.48. The highest BCUT2D eigenvalue weighted by Gasteiger charge is 2.28. The van der Waals surface area contributed by atoms with Crippen LogP contribution in [0, 0.1) is 0 Å². The fourth-order valence-corrected chi connectivity index (χ4v) is 3.18. The lowest BCUT2D eigenvalue weighted by Crippen LogP contribution is -2.44. The Morgan fingerprint density at radius 2 is 1.89 bits per heavy atom. The lowest BCUT2D eigenvalue weighted by molar-refractivity contribution is -0.120. The highest BCUT2D eigenvalue weighted by atomic mass is 16.1. The van der Waals surface area contributed by atoms with Crippen LogP contribution in [0.25, 0.3) is 0 Å². The summed E-state index contributed by atoms with van der Waals surface area (Å²) in [6.07, 6.45) is 10.5. The first-order valence-corrected chi connectivity index (χ1v) is 7.80. The van der Waals surface area contributed by atoms with E-state index < -0.39 is 0 Å². The van der Waals surface area contributed by atoms with E-state index in [2.05, 4.69) is 30.0 Å². The van der Waals surface area contributed by atoms with Crippen LogP contribution in [0.4, 0.5) is 0 Å². The molecule has 0 aromatic rings. The van der Waals surface area contributed by atoms with Gasteiger partial charge in [-0.3, -0.25) is 9.69 Å². The minimum absolute atomic E-state index is 0.0678. The summed E-state index contributed by atoms with van der Waals surface area (Å²) in [5, 5.41) is 0. The predicted molar refractivity (Wildman–Crippen MR) is 79.3 cm³/mol. The van der Waals surface area contributed by atoms with Gasteiger partial charge in [0.2, 0.25) is 0 Å². The number of Topliss-reactive ketones (excluding diaryl/α,β-unsaturated/α-hetero) is 1. The van der Waals surface area contributed by atoms with Crippen molar-refractivity contribution in [1.29, 1.82) is 0 Å². The van der Waals surface area contributed by atoms with Gasteiger partial charge >= 0.3 is 0 Å². The first kappa shape index (κ1) is 14.7. The Balaban J connectivity index is 2.06. The van der Waals surface area contributed by atoms with Gasteiger partial charge in [0.25, 0.3) is 0 Å². The van der Waals surface area contributed by atoms with E-state index in [4.69, 9.17) is 0 Å². The molecule has 2 rings (SSSR count). The Hall–Kier alpha value is -0.670. The van der Waals surface area contributed by atoms with Crippen molar-refractivity contribution in [2.24, 2.45) is 0 Å². The largest absolute Gasteiger partial charge is 0.304 e. The Morgan fingerprint density at radius 1 is 1.11 bits per heavy atom. The van der Waals surface area contributed by atoms with Crippen molar-refractivity contribution in [3.63, 3.8) is 0 Å². The molecular weight excluding hydrogens is 236 g/mol. The molecule has 0 N–H and O–H groups in total. The number of hydrogen-bond acceptors (Lipinski definition) is 3. The van der Waals surface area contributed by atoms with Crippen molar-refractivity contribution in [2.45, 2.75) is 51.0 Å². The van der Waals surface area contributed by atoms with Crippen LogP contribution in [-0.2, 0) is 4.79 Å². The number of hydrogen-bond donors (Lipinski definition) is 0. The Morgan fingerprint density at radius 3 is 2.74 bits per heavy atom. The molecule has 0 amide bonds. The van der Waals surface area contributed by atoms with E-state index in [0.29, 0.717) is 5.78 Å². The third-order valence-corrected chi connectivity index (χ3v) is 4.48. The summed E-state index contributed by atoms with van der Waals surface area (Å²) in [4.78, 5) is 17.3. The van der Waals surface area contributed by atoms with Crippen molar-refractivity contribution in [2.75, 3.05) is 33.7 Å². The summed E-state index contributed by atoms with van der Waals surface area (Å²) in [5.74, 6) is 0.387. The van der Waals surface area contributed by atoms with Crippen molar-refractivity contribution in [3.8, 4) is 0 Å². The molecule has 19 heavy (non-hydrogen) atoms. The highest BCUT2D eigenvalue weighted by Crippen LogP contribution is 2.21. The summed E-state index contributed by atoms with van der Waals surface area (Å²) in [5.41, 5.74) is 1.10. The van der Waals surface area contributed by atoms with Gasteiger partial charge in [0, 0.05) is 6.54 Å². The summed E-state index contributed by atoms with van der Waals surface area (Å²) < 4.78 is 0. The first-order valence-electron chi connectivity index (χ1n) is 7.80. The van der Waals surface area contributed by atoms with Crippen LogP contribution in [0.5, 0.6) is 0 Å². The second-order valence-electron chi connectivity index (χ2n) is 6.16. The molecule has 1 atom stereocenters. The van der Waals surface area contributed by atoms with Crippen LogP contribution in [0.3, 0.4) is 0 Å². The monoisotopic (exact) mass is 264 g/mol. The average molecular weight is 264 g/mol. The first-order chi connectivity index (χ1) is 9.18. The van der Waals surface area contributed by atoms with Crippen molar-refractivity contribution in [1.82, 2.24) is 9.80 Å². The highest BCUT2D eigenvalue weighted by molar-refractivity contribution is 5.99.